The number of hydrogen-bond donors (Lipinski definition) is 0. The molecule has 0 amide bonds. The summed E-state index contributed by atoms with van der Waals surface area (Å²) < 4.78 is 4.79. The second-order valence-electron chi connectivity index (χ2n) is 5.51. The Morgan fingerprint density at radius 2 is 2.24 bits per heavy atom. The number of rotatable bonds is 5. The number of aromatic nitrogens is 1. The van der Waals surface area contributed by atoms with Gasteiger partial charge in [0.05, 0.1) is 19.0 Å². The first-order valence-electron chi connectivity index (χ1n) is 6.86. The summed E-state index contributed by atoms with van der Waals surface area (Å²) in [7, 11) is 1.45. The molecular formula is C16H16ClNO2S. The van der Waals surface area contributed by atoms with E-state index in [0.717, 1.165) is 29.5 Å². The lowest BCUT2D eigenvalue weighted by Gasteiger charge is -2.14. The molecule has 0 saturated heterocycles. The van der Waals surface area contributed by atoms with Gasteiger partial charge in [0.2, 0.25) is 0 Å². The Labute approximate surface area is 133 Å². The summed E-state index contributed by atoms with van der Waals surface area (Å²) in [5, 5.41) is 1.81. The van der Waals surface area contributed by atoms with Crippen LogP contribution in [0.25, 0.3) is 10.9 Å². The Morgan fingerprint density at radius 1 is 1.43 bits per heavy atom. The van der Waals surface area contributed by atoms with Crippen LogP contribution in [0, 0.1) is 5.41 Å². The van der Waals surface area contributed by atoms with E-state index < -0.39 is 0 Å². The highest BCUT2D eigenvalue weighted by Crippen LogP contribution is 2.52. The topological polar surface area (TPSA) is 39.2 Å². The summed E-state index contributed by atoms with van der Waals surface area (Å²) in [6, 6.07) is 7.79. The molecule has 2 aromatic rings. The molecule has 1 aromatic heterocycles. The van der Waals surface area contributed by atoms with E-state index in [9.17, 15) is 4.79 Å². The van der Waals surface area contributed by atoms with Crippen molar-refractivity contribution in [3.8, 4) is 0 Å². The number of nitrogens with zero attached hydrogens (tertiary/aromatic N) is 1. The normalized spacial score (nSPS) is 15.9. The van der Waals surface area contributed by atoms with Crippen molar-refractivity contribution in [3.63, 3.8) is 0 Å². The largest absolute Gasteiger partial charge is 0.469 e. The Bertz CT molecular complexity index is 685. The molecule has 110 valence electrons. The predicted octanol–water partition coefficient (Wildman–Crippen LogP) is 4.32. The first kappa shape index (κ1) is 14.7. The smallest absolute Gasteiger partial charge is 0.306 e. The molecule has 1 aliphatic rings. The molecule has 0 spiro atoms. The number of ether oxygens (including phenoxy) is 1. The van der Waals surface area contributed by atoms with Gasteiger partial charge in [-0.1, -0.05) is 17.7 Å². The third-order valence-corrected chi connectivity index (χ3v) is 5.56. The van der Waals surface area contributed by atoms with Crippen LogP contribution in [0.15, 0.2) is 35.4 Å². The molecule has 1 aromatic carbocycles. The third-order valence-electron chi connectivity index (χ3n) is 3.90. The van der Waals surface area contributed by atoms with Gasteiger partial charge in [0.15, 0.2) is 0 Å². The molecule has 1 saturated carbocycles. The van der Waals surface area contributed by atoms with E-state index in [-0.39, 0.29) is 11.4 Å². The lowest BCUT2D eigenvalue weighted by molar-refractivity contribution is -0.141. The number of pyridine rings is 1. The summed E-state index contributed by atoms with van der Waals surface area (Å²) in [6.45, 7) is 0. The van der Waals surface area contributed by atoms with Crippen molar-refractivity contribution in [2.24, 2.45) is 5.41 Å². The maximum atomic E-state index is 11.5. The second-order valence-corrected chi connectivity index (χ2v) is 6.97. The standard InChI is InChI=1S/C16H16ClNO2S/c1-20-15(19)9-16(5-6-16)10-21-14-4-7-18-13-8-11(17)2-3-12(13)14/h2-4,7-8H,5-6,9-10H2,1H3. The van der Waals surface area contributed by atoms with Gasteiger partial charge in [0, 0.05) is 27.3 Å². The van der Waals surface area contributed by atoms with Crippen LogP contribution in [0.1, 0.15) is 19.3 Å². The summed E-state index contributed by atoms with van der Waals surface area (Å²) in [5.74, 6) is 0.823. The molecule has 0 bridgehead atoms. The van der Waals surface area contributed by atoms with E-state index in [1.807, 2.05) is 24.3 Å². The number of esters is 1. The quantitative estimate of drug-likeness (QED) is 0.607. The van der Waals surface area contributed by atoms with E-state index in [1.54, 1.807) is 18.0 Å². The second kappa shape index (κ2) is 5.85. The number of carbonyl (C=O) groups is 1. The van der Waals surface area contributed by atoms with Gasteiger partial charge in [-0.2, -0.15) is 0 Å². The van der Waals surface area contributed by atoms with Gasteiger partial charge in [0.1, 0.15) is 0 Å². The van der Waals surface area contributed by atoms with Crippen molar-refractivity contribution in [2.45, 2.75) is 24.2 Å². The fourth-order valence-corrected chi connectivity index (χ4v) is 3.88. The Kier molecular flexibility index (Phi) is 4.09. The monoisotopic (exact) mass is 321 g/mol. The molecule has 1 aliphatic carbocycles. The lowest BCUT2D eigenvalue weighted by Crippen LogP contribution is -2.13. The van der Waals surface area contributed by atoms with Crippen LogP contribution >= 0.6 is 23.4 Å². The highest BCUT2D eigenvalue weighted by Gasteiger charge is 2.44. The molecule has 0 atom stereocenters. The molecule has 5 heteroatoms. The van der Waals surface area contributed by atoms with E-state index in [4.69, 9.17) is 16.3 Å². The number of halogens is 1. The SMILES string of the molecule is COC(=O)CC1(CSc2ccnc3cc(Cl)ccc23)CC1. The number of fused-ring (bicyclic) bond motifs is 1. The van der Waals surface area contributed by atoms with Crippen LogP contribution in [0.3, 0.4) is 0 Å². The molecule has 1 fully saturated rings. The molecule has 0 radical (unpaired) electrons. The molecule has 0 aliphatic heterocycles. The van der Waals surface area contributed by atoms with Gasteiger partial charge < -0.3 is 4.74 Å². The highest BCUT2D eigenvalue weighted by atomic mass is 35.5. The maximum absolute atomic E-state index is 11.5. The fraction of sp³-hybridized carbons (Fsp3) is 0.375. The summed E-state index contributed by atoms with van der Waals surface area (Å²) >= 11 is 7.79. The molecular weight excluding hydrogens is 306 g/mol. The van der Waals surface area contributed by atoms with Crippen molar-refractivity contribution < 1.29 is 9.53 Å². The van der Waals surface area contributed by atoms with E-state index in [2.05, 4.69) is 4.98 Å². The van der Waals surface area contributed by atoms with Crippen molar-refractivity contribution in [2.75, 3.05) is 12.9 Å². The molecule has 21 heavy (non-hydrogen) atoms. The number of carbonyl (C=O) groups excluding carboxylic acids is 1. The molecule has 1 heterocycles. The zero-order valence-corrected chi connectivity index (χ0v) is 13.3. The van der Waals surface area contributed by atoms with E-state index >= 15 is 0 Å². The molecule has 3 rings (SSSR count). The van der Waals surface area contributed by atoms with Crippen LogP contribution in [0.4, 0.5) is 0 Å². The van der Waals surface area contributed by atoms with Crippen LogP contribution in [-0.4, -0.2) is 23.8 Å². The van der Waals surface area contributed by atoms with Gasteiger partial charge in [0.25, 0.3) is 0 Å². The molecule has 0 unspecified atom stereocenters. The maximum Gasteiger partial charge on any atom is 0.306 e. The van der Waals surface area contributed by atoms with Crippen molar-refractivity contribution in [1.29, 1.82) is 0 Å². The minimum Gasteiger partial charge on any atom is -0.469 e. The first-order valence-corrected chi connectivity index (χ1v) is 8.22. The zero-order valence-electron chi connectivity index (χ0n) is 11.8. The minimum atomic E-state index is -0.112. The summed E-state index contributed by atoms with van der Waals surface area (Å²) in [4.78, 5) is 17.0. The predicted molar refractivity (Wildman–Crippen MR) is 85.8 cm³/mol. The minimum absolute atomic E-state index is 0.112. The number of hydrogen-bond acceptors (Lipinski definition) is 4. The highest BCUT2D eigenvalue weighted by molar-refractivity contribution is 7.99. The van der Waals surface area contributed by atoms with Gasteiger partial charge >= 0.3 is 5.97 Å². The zero-order chi connectivity index (χ0) is 14.9. The summed E-state index contributed by atoms with van der Waals surface area (Å²) in [5.41, 5.74) is 1.03. The third kappa shape index (κ3) is 3.33. The average Bonchev–Trinajstić information content (AvgIpc) is 3.24. The summed E-state index contributed by atoms with van der Waals surface area (Å²) in [6.07, 6.45) is 4.53. The lowest BCUT2D eigenvalue weighted by atomic mass is 10.1. The van der Waals surface area contributed by atoms with E-state index in [1.165, 1.54) is 12.0 Å². The average molecular weight is 322 g/mol. The Hall–Kier alpha value is -1.26. The fourth-order valence-electron chi connectivity index (χ4n) is 2.38. The Balaban J connectivity index is 1.75. The van der Waals surface area contributed by atoms with Crippen molar-refractivity contribution >= 4 is 40.2 Å². The van der Waals surface area contributed by atoms with Crippen LogP contribution in [0.2, 0.25) is 5.02 Å². The Morgan fingerprint density at radius 3 is 2.95 bits per heavy atom. The van der Waals surface area contributed by atoms with Crippen LogP contribution in [-0.2, 0) is 9.53 Å². The molecule has 3 nitrogen and oxygen atoms in total. The van der Waals surface area contributed by atoms with E-state index in [0.29, 0.717) is 11.4 Å². The van der Waals surface area contributed by atoms with Crippen LogP contribution in [0.5, 0.6) is 0 Å². The van der Waals surface area contributed by atoms with Crippen LogP contribution < -0.4 is 0 Å². The van der Waals surface area contributed by atoms with Gasteiger partial charge in [-0.25, -0.2) is 0 Å². The van der Waals surface area contributed by atoms with Crippen molar-refractivity contribution in [3.05, 3.63) is 35.5 Å². The van der Waals surface area contributed by atoms with Gasteiger partial charge in [-0.15, -0.1) is 11.8 Å². The number of methoxy groups -OCH3 is 1. The van der Waals surface area contributed by atoms with Crippen molar-refractivity contribution in [1.82, 2.24) is 4.98 Å². The molecule has 0 N–H and O–H groups in total. The van der Waals surface area contributed by atoms with Gasteiger partial charge in [-0.05, 0) is 36.5 Å². The number of benzene rings is 1. The first-order chi connectivity index (χ1) is 10.1. The number of thioether (sulfide) groups is 1. The van der Waals surface area contributed by atoms with Gasteiger partial charge in [-0.3, -0.25) is 9.78 Å².